The summed E-state index contributed by atoms with van der Waals surface area (Å²) >= 11 is 0. The Balaban J connectivity index is 1.87. The number of anilines is 1. The Morgan fingerprint density at radius 1 is 1.31 bits per heavy atom. The van der Waals surface area contributed by atoms with E-state index in [1.165, 1.54) is 0 Å². The van der Waals surface area contributed by atoms with Crippen molar-refractivity contribution in [2.45, 2.75) is 46.7 Å². The second-order valence-corrected chi connectivity index (χ2v) is 7.27. The minimum absolute atomic E-state index is 0.0308. The molecule has 0 radical (unpaired) electrons. The van der Waals surface area contributed by atoms with Crippen LogP contribution in [0, 0.1) is 5.92 Å². The van der Waals surface area contributed by atoms with Crippen molar-refractivity contribution < 1.29 is 9.53 Å². The monoisotopic (exact) mass is 358 g/mol. The number of aryl methyl sites for hydroxylation is 1. The summed E-state index contributed by atoms with van der Waals surface area (Å²) in [5.41, 5.74) is 2.91. The van der Waals surface area contributed by atoms with Gasteiger partial charge in [0, 0.05) is 31.2 Å². The van der Waals surface area contributed by atoms with Gasteiger partial charge < -0.3 is 14.6 Å². The van der Waals surface area contributed by atoms with Crippen LogP contribution in [0.25, 0.3) is 11.0 Å². The first-order valence-corrected chi connectivity index (χ1v) is 9.68. The molecule has 1 aliphatic heterocycles. The topological polar surface area (TPSA) is 59.4 Å². The predicted octanol–water partition coefficient (Wildman–Crippen LogP) is 3.26. The zero-order valence-electron chi connectivity index (χ0n) is 16.1. The Morgan fingerprint density at radius 3 is 2.77 bits per heavy atom. The van der Waals surface area contributed by atoms with E-state index in [-0.39, 0.29) is 11.8 Å². The Labute approximate surface area is 155 Å². The number of fused-ring (bicyclic) bond motifs is 1. The third-order valence-corrected chi connectivity index (χ3v) is 4.82. The van der Waals surface area contributed by atoms with Crippen LogP contribution in [-0.2, 0) is 22.6 Å². The summed E-state index contributed by atoms with van der Waals surface area (Å²) in [5, 5.41) is 2.97. The SMILES string of the molecule is CCCCn1c(CN2CCOCC2)nc2cc(NC(=O)C(C)C)ccc21. The van der Waals surface area contributed by atoms with Crippen molar-refractivity contribution in [3.8, 4) is 0 Å². The number of nitrogens with one attached hydrogen (secondary N) is 1. The Bertz CT molecular complexity index is 748. The number of hydrogen-bond donors (Lipinski definition) is 1. The number of rotatable bonds is 7. The first-order valence-electron chi connectivity index (χ1n) is 9.68. The van der Waals surface area contributed by atoms with E-state index in [1.54, 1.807) is 0 Å². The van der Waals surface area contributed by atoms with Gasteiger partial charge in [-0.15, -0.1) is 0 Å². The van der Waals surface area contributed by atoms with Gasteiger partial charge in [-0.25, -0.2) is 4.98 Å². The Morgan fingerprint density at radius 2 is 2.08 bits per heavy atom. The molecule has 1 amide bonds. The number of ether oxygens (including phenoxy) is 1. The number of unbranched alkanes of at least 4 members (excludes halogenated alkanes) is 1. The van der Waals surface area contributed by atoms with Crippen molar-refractivity contribution in [2.75, 3.05) is 31.6 Å². The van der Waals surface area contributed by atoms with Crippen LogP contribution < -0.4 is 5.32 Å². The molecule has 0 unspecified atom stereocenters. The molecule has 26 heavy (non-hydrogen) atoms. The maximum absolute atomic E-state index is 12.0. The number of amides is 1. The van der Waals surface area contributed by atoms with Crippen LogP contribution in [0.1, 0.15) is 39.4 Å². The average Bonchev–Trinajstić information content (AvgIpc) is 2.97. The fraction of sp³-hybridized carbons (Fsp3) is 0.600. The molecule has 6 heteroatoms. The van der Waals surface area contributed by atoms with Gasteiger partial charge in [0.25, 0.3) is 0 Å². The van der Waals surface area contributed by atoms with E-state index < -0.39 is 0 Å². The molecule has 1 saturated heterocycles. The van der Waals surface area contributed by atoms with Crippen LogP contribution in [0.5, 0.6) is 0 Å². The molecule has 1 aliphatic rings. The Kier molecular flexibility index (Phi) is 6.27. The highest BCUT2D eigenvalue weighted by Gasteiger charge is 2.17. The minimum atomic E-state index is -0.0373. The smallest absolute Gasteiger partial charge is 0.226 e. The summed E-state index contributed by atoms with van der Waals surface area (Å²) < 4.78 is 7.79. The summed E-state index contributed by atoms with van der Waals surface area (Å²) in [7, 11) is 0. The van der Waals surface area contributed by atoms with Crippen LogP contribution in [0.4, 0.5) is 5.69 Å². The second-order valence-electron chi connectivity index (χ2n) is 7.27. The van der Waals surface area contributed by atoms with Crippen molar-refractivity contribution in [2.24, 2.45) is 5.92 Å². The van der Waals surface area contributed by atoms with E-state index in [4.69, 9.17) is 9.72 Å². The van der Waals surface area contributed by atoms with Gasteiger partial charge in [0.15, 0.2) is 0 Å². The molecule has 1 aromatic heterocycles. The molecule has 3 rings (SSSR count). The molecule has 0 atom stereocenters. The molecular formula is C20H30N4O2. The molecular weight excluding hydrogens is 328 g/mol. The first kappa shape index (κ1) is 18.9. The maximum atomic E-state index is 12.0. The number of carbonyl (C=O) groups excluding carboxylic acids is 1. The number of carbonyl (C=O) groups is 1. The molecule has 1 aromatic carbocycles. The molecule has 2 aromatic rings. The summed E-state index contributed by atoms with van der Waals surface area (Å²) in [6.45, 7) is 11.3. The fourth-order valence-electron chi connectivity index (χ4n) is 3.19. The summed E-state index contributed by atoms with van der Waals surface area (Å²) in [4.78, 5) is 19.3. The van der Waals surface area contributed by atoms with E-state index >= 15 is 0 Å². The molecule has 0 bridgehead atoms. The molecule has 0 aliphatic carbocycles. The van der Waals surface area contributed by atoms with Crippen LogP contribution in [0.15, 0.2) is 18.2 Å². The lowest BCUT2D eigenvalue weighted by atomic mass is 10.2. The third-order valence-electron chi connectivity index (χ3n) is 4.82. The fourth-order valence-corrected chi connectivity index (χ4v) is 3.19. The van der Waals surface area contributed by atoms with Crippen LogP contribution in [-0.4, -0.2) is 46.7 Å². The number of morpholine rings is 1. The standard InChI is InChI=1S/C20H30N4O2/c1-4-5-8-24-18-7-6-16(21-20(25)15(2)3)13-17(18)22-19(24)14-23-9-11-26-12-10-23/h6-7,13,15H,4-5,8-12,14H2,1-3H3,(H,21,25). The largest absolute Gasteiger partial charge is 0.379 e. The van der Waals surface area contributed by atoms with Crippen LogP contribution in [0.2, 0.25) is 0 Å². The average molecular weight is 358 g/mol. The minimum Gasteiger partial charge on any atom is -0.379 e. The lowest BCUT2D eigenvalue weighted by Crippen LogP contribution is -2.36. The van der Waals surface area contributed by atoms with Crippen molar-refractivity contribution in [3.63, 3.8) is 0 Å². The molecule has 142 valence electrons. The van der Waals surface area contributed by atoms with Crippen molar-refractivity contribution in [1.29, 1.82) is 0 Å². The predicted molar refractivity (Wildman–Crippen MR) is 104 cm³/mol. The maximum Gasteiger partial charge on any atom is 0.226 e. The number of benzene rings is 1. The van der Waals surface area contributed by atoms with Crippen molar-refractivity contribution in [3.05, 3.63) is 24.0 Å². The summed E-state index contributed by atoms with van der Waals surface area (Å²) in [5.74, 6) is 1.09. The number of hydrogen-bond acceptors (Lipinski definition) is 4. The van der Waals surface area contributed by atoms with Gasteiger partial charge in [0.1, 0.15) is 5.82 Å². The van der Waals surface area contributed by atoms with Gasteiger partial charge in [-0.3, -0.25) is 9.69 Å². The second kappa shape index (κ2) is 8.64. The van der Waals surface area contributed by atoms with Gasteiger partial charge in [-0.2, -0.15) is 0 Å². The number of nitrogens with zero attached hydrogens (tertiary/aromatic N) is 3. The van der Waals surface area contributed by atoms with Gasteiger partial charge in [-0.1, -0.05) is 27.2 Å². The van der Waals surface area contributed by atoms with Crippen molar-refractivity contribution >= 4 is 22.6 Å². The highest BCUT2D eigenvalue weighted by molar-refractivity contribution is 5.94. The zero-order valence-corrected chi connectivity index (χ0v) is 16.1. The first-order chi connectivity index (χ1) is 12.6. The number of aromatic nitrogens is 2. The van der Waals surface area contributed by atoms with E-state index in [0.29, 0.717) is 0 Å². The van der Waals surface area contributed by atoms with Crippen LogP contribution >= 0.6 is 0 Å². The highest BCUT2D eigenvalue weighted by atomic mass is 16.5. The van der Waals surface area contributed by atoms with Gasteiger partial charge in [0.2, 0.25) is 5.91 Å². The molecule has 0 saturated carbocycles. The van der Waals surface area contributed by atoms with E-state index in [1.807, 2.05) is 26.0 Å². The van der Waals surface area contributed by atoms with Crippen LogP contribution in [0.3, 0.4) is 0 Å². The molecule has 1 N–H and O–H groups in total. The Hall–Kier alpha value is -1.92. The summed E-state index contributed by atoms with van der Waals surface area (Å²) in [6, 6.07) is 6.04. The summed E-state index contributed by atoms with van der Waals surface area (Å²) in [6.07, 6.45) is 2.28. The highest BCUT2D eigenvalue weighted by Crippen LogP contribution is 2.23. The van der Waals surface area contributed by atoms with E-state index in [0.717, 1.165) is 74.8 Å². The third kappa shape index (κ3) is 4.43. The van der Waals surface area contributed by atoms with Gasteiger partial charge in [0.05, 0.1) is 30.8 Å². The van der Waals surface area contributed by atoms with Crippen molar-refractivity contribution in [1.82, 2.24) is 14.5 Å². The molecule has 1 fully saturated rings. The quantitative estimate of drug-likeness (QED) is 0.825. The molecule has 2 heterocycles. The normalized spacial score (nSPS) is 15.7. The zero-order chi connectivity index (χ0) is 18.5. The van der Waals surface area contributed by atoms with Gasteiger partial charge >= 0.3 is 0 Å². The lowest BCUT2D eigenvalue weighted by molar-refractivity contribution is -0.118. The lowest BCUT2D eigenvalue weighted by Gasteiger charge is -2.26. The molecule has 6 nitrogen and oxygen atoms in total. The van der Waals surface area contributed by atoms with E-state index in [9.17, 15) is 4.79 Å². The molecule has 0 spiro atoms. The number of imidazole rings is 1. The van der Waals surface area contributed by atoms with E-state index in [2.05, 4.69) is 27.8 Å². The van der Waals surface area contributed by atoms with Gasteiger partial charge in [-0.05, 0) is 24.6 Å².